The van der Waals surface area contributed by atoms with Gasteiger partial charge in [-0.15, -0.1) is 4.91 Å². The van der Waals surface area contributed by atoms with Crippen molar-refractivity contribution in [1.29, 1.82) is 0 Å². The molecule has 0 saturated heterocycles. The summed E-state index contributed by atoms with van der Waals surface area (Å²) in [5, 5.41) is 2.08. The van der Waals surface area contributed by atoms with Gasteiger partial charge in [-0.05, 0) is 0 Å². The van der Waals surface area contributed by atoms with Crippen LogP contribution in [0.15, 0.2) is 5.18 Å². The molecule has 8 heavy (non-hydrogen) atoms. The van der Waals surface area contributed by atoms with E-state index in [4.69, 9.17) is 0 Å². The molecule has 0 aromatic carbocycles. The lowest BCUT2D eigenvalue weighted by molar-refractivity contribution is -0.119. The predicted molar refractivity (Wildman–Crippen MR) is 26.1 cm³/mol. The molecule has 1 amide bonds. The second-order valence-corrected chi connectivity index (χ2v) is 1.19. The van der Waals surface area contributed by atoms with Gasteiger partial charge in [0.1, 0.15) is 6.29 Å². The van der Waals surface area contributed by atoms with Crippen LogP contribution in [0.25, 0.3) is 0 Å². The molecule has 44 valence electrons. The van der Waals surface area contributed by atoms with Crippen LogP contribution in [0.2, 0.25) is 0 Å². The fraction of sp³-hybridized carbons (Fsp3) is 0.500. The largest absolute Gasteiger partial charge is 0.303 e. The quantitative estimate of drug-likeness (QED) is 0.391. The van der Waals surface area contributed by atoms with Crippen LogP contribution < -0.4 is 0 Å². The van der Waals surface area contributed by atoms with Crippen molar-refractivity contribution in [2.45, 2.75) is 12.8 Å². The molecular formula is C4H5NO3. The number of amides is 1. The van der Waals surface area contributed by atoms with Gasteiger partial charge in [0.05, 0.1) is 0 Å². The zero-order chi connectivity index (χ0) is 6.41. The molecule has 0 aliphatic carbocycles. The lowest BCUT2D eigenvalue weighted by Crippen LogP contribution is -1.90. The van der Waals surface area contributed by atoms with Crippen molar-refractivity contribution >= 4 is 12.2 Å². The summed E-state index contributed by atoms with van der Waals surface area (Å²) in [5.41, 5.74) is 0. The maximum Gasteiger partial charge on any atom is 0.286 e. The van der Waals surface area contributed by atoms with Crippen molar-refractivity contribution in [3.05, 3.63) is 4.91 Å². The second kappa shape index (κ2) is 4.11. The summed E-state index contributed by atoms with van der Waals surface area (Å²) in [6, 6.07) is 0. The van der Waals surface area contributed by atoms with Gasteiger partial charge in [-0.1, -0.05) is 0 Å². The number of hydrogen-bond acceptors (Lipinski definition) is 3. The first kappa shape index (κ1) is 6.94. The van der Waals surface area contributed by atoms with Gasteiger partial charge in [-0.3, -0.25) is 4.79 Å². The van der Waals surface area contributed by atoms with E-state index >= 15 is 0 Å². The number of nitroso groups, excluding NO2 is 1. The Labute approximate surface area is 45.9 Å². The summed E-state index contributed by atoms with van der Waals surface area (Å²) in [6.07, 6.45) is 0.598. The fourth-order valence-corrected chi connectivity index (χ4v) is 0.228. The fourth-order valence-electron chi connectivity index (χ4n) is 0.228. The highest BCUT2D eigenvalue weighted by molar-refractivity contribution is 5.78. The van der Waals surface area contributed by atoms with Crippen LogP contribution in [-0.4, -0.2) is 12.2 Å². The molecular weight excluding hydrogens is 110 g/mol. The van der Waals surface area contributed by atoms with E-state index < -0.39 is 5.91 Å². The molecule has 0 heterocycles. The molecule has 0 aromatic heterocycles. The van der Waals surface area contributed by atoms with Crippen molar-refractivity contribution in [3.63, 3.8) is 0 Å². The Morgan fingerprint density at radius 3 is 2.62 bits per heavy atom. The third kappa shape index (κ3) is 3.14. The minimum Gasteiger partial charge on any atom is -0.303 e. The first-order valence-corrected chi connectivity index (χ1v) is 2.11. The zero-order valence-electron chi connectivity index (χ0n) is 4.16. The van der Waals surface area contributed by atoms with E-state index in [1.807, 2.05) is 0 Å². The Bertz CT molecular complexity index is 110. The van der Waals surface area contributed by atoms with Crippen molar-refractivity contribution in [2.75, 3.05) is 0 Å². The van der Waals surface area contributed by atoms with Gasteiger partial charge in [0.15, 0.2) is 0 Å². The molecule has 0 bridgehead atoms. The number of carbonyl (C=O) groups excluding carboxylic acids is 2. The van der Waals surface area contributed by atoms with E-state index in [9.17, 15) is 14.5 Å². The molecule has 0 fully saturated rings. The molecule has 4 heteroatoms. The third-order valence-corrected chi connectivity index (χ3v) is 0.578. The molecule has 4 nitrogen and oxygen atoms in total. The molecule has 0 aromatic rings. The average Bonchev–Trinajstić information content (AvgIpc) is 1.83. The number of carbonyl (C=O) groups is 2. The van der Waals surface area contributed by atoms with Crippen molar-refractivity contribution < 1.29 is 9.59 Å². The van der Waals surface area contributed by atoms with E-state index in [1.165, 1.54) is 0 Å². The molecule has 0 saturated carbocycles. The number of aldehydes is 1. The predicted octanol–water partition coefficient (Wildman–Crippen LogP) is 0.258. The lowest BCUT2D eigenvalue weighted by Gasteiger charge is -1.78. The number of hydrogen-bond donors (Lipinski definition) is 0. The van der Waals surface area contributed by atoms with Gasteiger partial charge < -0.3 is 4.79 Å². The summed E-state index contributed by atoms with van der Waals surface area (Å²) < 4.78 is 0. The van der Waals surface area contributed by atoms with E-state index in [2.05, 4.69) is 5.18 Å². The van der Waals surface area contributed by atoms with E-state index in [1.54, 1.807) is 0 Å². The van der Waals surface area contributed by atoms with Crippen molar-refractivity contribution in [2.24, 2.45) is 5.18 Å². The zero-order valence-corrected chi connectivity index (χ0v) is 4.16. The molecule has 0 spiro atoms. The lowest BCUT2D eigenvalue weighted by atomic mass is 10.3. The minimum atomic E-state index is -0.767. The Hall–Kier alpha value is -1.06. The molecule has 0 unspecified atom stereocenters. The van der Waals surface area contributed by atoms with Crippen LogP contribution in [0.4, 0.5) is 0 Å². The Morgan fingerprint density at radius 1 is 1.62 bits per heavy atom. The van der Waals surface area contributed by atoms with Gasteiger partial charge >= 0.3 is 0 Å². The van der Waals surface area contributed by atoms with Crippen LogP contribution >= 0.6 is 0 Å². The maximum atomic E-state index is 9.93. The maximum absolute atomic E-state index is 9.93. The Morgan fingerprint density at radius 2 is 2.25 bits per heavy atom. The van der Waals surface area contributed by atoms with Gasteiger partial charge in [0.2, 0.25) is 0 Å². The average molecular weight is 115 g/mol. The van der Waals surface area contributed by atoms with Gasteiger partial charge in [0.25, 0.3) is 5.91 Å². The van der Waals surface area contributed by atoms with Crippen molar-refractivity contribution in [1.82, 2.24) is 0 Å². The summed E-state index contributed by atoms with van der Waals surface area (Å²) in [5.74, 6) is -0.767. The molecule has 0 rings (SSSR count). The summed E-state index contributed by atoms with van der Waals surface area (Å²) in [4.78, 5) is 28.8. The van der Waals surface area contributed by atoms with Crippen LogP contribution in [0.5, 0.6) is 0 Å². The number of nitrogens with zero attached hydrogens (tertiary/aromatic N) is 1. The van der Waals surface area contributed by atoms with E-state index in [-0.39, 0.29) is 12.8 Å². The molecule has 0 aliphatic rings. The van der Waals surface area contributed by atoms with Crippen LogP contribution in [0.3, 0.4) is 0 Å². The van der Waals surface area contributed by atoms with Crippen LogP contribution in [0, 0.1) is 4.91 Å². The first-order valence-electron chi connectivity index (χ1n) is 2.11. The minimum absolute atomic E-state index is 0.0625. The Balaban J connectivity index is 3.24. The summed E-state index contributed by atoms with van der Waals surface area (Å²) >= 11 is 0. The third-order valence-electron chi connectivity index (χ3n) is 0.578. The molecule has 0 aliphatic heterocycles. The monoisotopic (exact) mass is 115 g/mol. The van der Waals surface area contributed by atoms with E-state index in [0.717, 1.165) is 0 Å². The van der Waals surface area contributed by atoms with Crippen molar-refractivity contribution in [3.8, 4) is 0 Å². The SMILES string of the molecule is O=CCCC(=O)N=O. The smallest absolute Gasteiger partial charge is 0.286 e. The summed E-state index contributed by atoms with van der Waals surface area (Å²) in [7, 11) is 0. The second-order valence-electron chi connectivity index (χ2n) is 1.19. The topological polar surface area (TPSA) is 63.6 Å². The highest BCUT2D eigenvalue weighted by Gasteiger charge is 1.96. The van der Waals surface area contributed by atoms with Crippen LogP contribution in [-0.2, 0) is 9.59 Å². The number of rotatable bonds is 3. The molecule has 0 N–H and O–H groups in total. The molecule has 0 radical (unpaired) electrons. The van der Waals surface area contributed by atoms with Crippen LogP contribution in [0.1, 0.15) is 12.8 Å². The van der Waals surface area contributed by atoms with Gasteiger partial charge in [0, 0.05) is 18.0 Å². The highest BCUT2D eigenvalue weighted by atomic mass is 16.3. The van der Waals surface area contributed by atoms with E-state index in [0.29, 0.717) is 6.29 Å². The highest BCUT2D eigenvalue weighted by Crippen LogP contribution is 1.86. The molecule has 0 atom stereocenters. The summed E-state index contributed by atoms with van der Waals surface area (Å²) in [6.45, 7) is 0. The Kier molecular flexibility index (Phi) is 3.56. The van der Waals surface area contributed by atoms with Gasteiger partial charge in [-0.2, -0.15) is 0 Å². The van der Waals surface area contributed by atoms with Gasteiger partial charge in [-0.25, -0.2) is 0 Å². The normalized spacial score (nSPS) is 8.00. The first-order chi connectivity index (χ1) is 3.81. The standard InChI is InChI=1S/C4H5NO3/c6-3-1-2-4(7)5-8/h3H,1-2H2.